The number of aromatic carboxylic acids is 1. The lowest BCUT2D eigenvalue weighted by molar-refractivity contribution is -0.127. The number of nitrogens with zero attached hydrogens (tertiary/aromatic N) is 1. The van der Waals surface area contributed by atoms with Gasteiger partial charge in [-0.3, -0.25) is 19.3 Å². The first-order valence-corrected chi connectivity index (χ1v) is 8.79. The number of halogens is 1. The number of rotatable bonds is 5. The minimum atomic E-state index is -1.10. The fourth-order valence-corrected chi connectivity index (χ4v) is 3.26. The third-order valence-electron chi connectivity index (χ3n) is 3.74. The van der Waals surface area contributed by atoms with Crippen molar-refractivity contribution >= 4 is 46.5 Å². The molecule has 0 atom stereocenters. The maximum atomic E-state index is 13.3. The first-order valence-electron chi connectivity index (χ1n) is 7.97. The van der Waals surface area contributed by atoms with Gasteiger partial charge in [0.15, 0.2) is 0 Å². The second-order valence-corrected chi connectivity index (χ2v) is 6.75. The minimum Gasteiger partial charge on any atom is -0.478 e. The number of thioether (sulfide) groups is 1. The summed E-state index contributed by atoms with van der Waals surface area (Å²) in [7, 11) is 0. The second-order valence-electron chi connectivity index (χ2n) is 5.75. The van der Waals surface area contributed by atoms with Crippen LogP contribution in [0.3, 0.4) is 0 Å². The molecule has 1 saturated heterocycles. The third kappa shape index (κ3) is 4.44. The molecule has 2 aromatic carbocycles. The highest BCUT2D eigenvalue weighted by atomic mass is 32.2. The lowest BCUT2D eigenvalue weighted by Gasteiger charge is -2.12. The summed E-state index contributed by atoms with van der Waals surface area (Å²) in [5, 5.41) is 10.7. The number of imide groups is 1. The van der Waals surface area contributed by atoms with Crippen LogP contribution in [-0.4, -0.2) is 39.6 Å². The Hall–Kier alpha value is -3.46. The van der Waals surface area contributed by atoms with Crippen LogP contribution in [0, 0.1) is 5.82 Å². The van der Waals surface area contributed by atoms with E-state index in [-0.39, 0.29) is 10.5 Å². The van der Waals surface area contributed by atoms with Gasteiger partial charge in [0.1, 0.15) is 12.4 Å². The van der Waals surface area contributed by atoms with Gasteiger partial charge in [0, 0.05) is 5.69 Å². The second kappa shape index (κ2) is 8.05. The van der Waals surface area contributed by atoms with Crippen LogP contribution in [0.15, 0.2) is 53.4 Å². The van der Waals surface area contributed by atoms with E-state index in [2.05, 4.69) is 5.32 Å². The quantitative estimate of drug-likeness (QED) is 0.747. The molecule has 3 rings (SSSR count). The number of anilines is 1. The molecule has 3 amide bonds. The van der Waals surface area contributed by atoms with Crippen LogP contribution < -0.4 is 5.32 Å². The Labute approximate surface area is 162 Å². The zero-order valence-corrected chi connectivity index (χ0v) is 15.0. The van der Waals surface area contributed by atoms with Gasteiger partial charge in [0.25, 0.3) is 11.1 Å². The molecule has 0 saturated carbocycles. The molecule has 0 aliphatic carbocycles. The number of benzene rings is 2. The molecule has 1 aliphatic rings. The van der Waals surface area contributed by atoms with Crippen molar-refractivity contribution in [2.75, 3.05) is 11.9 Å². The van der Waals surface area contributed by atoms with E-state index in [4.69, 9.17) is 5.11 Å². The van der Waals surface area contributed by atoms with Crippen LogP contribution in [0.1, 0.15) is 15.9 Å². The Morgan fingerprint density at radius 1 is 1.14 bits per heavy atom. The van der Waals surface area contributed by atoms with Crippen LogP contribution in [0.2, 0.25) is 0 Å². The summed E-state index contributed by atoms with van der Waals surface area (Å²) in [5.41, 5.74) is 0.817. The van der Waals surface area contributed by atoms with E-state index in [1.807, 2.05) is 0 Å². The van der Waals surface area contributed by atoms with Gasteiger partial charge in [0.05, 0.1) is 10.5 Å². The molecule has 142 valence electrons. The zero-order chi connectivity index (χ0) is 20.3. The number of hydrogen-bond acceptors (Lipinski definition) is 5. The number of carbonyl (C=O) groups excluding carboxylic acids is 3. The number of carbonyl (C=O) groups is 4. The highest BCUT2D eigenvalue weighted by Gasteiger charge is 2.36. The average Bonchev–Trinajstić information content (AvgIpc) is 2.89. The Balaban J connectivity index is 1.66. The van der Waals surface area contributed by atoms with Crippen LogP contribution in [0.25, 0.3) is 6.08 Å². The van der Waals surface area contributed by atoms with E-state index in [1.165, 1.54) is 48.5 Å². The molecule has 28 heavy (non-hydrogen) atoms. The number of hydrogen-bond donors (Lipinski definition) is 2. The van der Waals surface area contributed by atoms with Gasteiger partial charge in [-0.2, -0.15) is 0 Å². The number of nitrogens with one attached hydrogen (secondary N) is 1. The van der Waals surface area contributed by atoms with Crippen molar-refractivity contribution in [1.82, 2.24) is 4.90 Å². The van der Waals surface area contributed by atoms with Crippen molar-refractivity contribution in [3.63, 3.8) is 0 Å². The molecule has 1 fully saturated rings. The normalized spacial score (nSPS) is 15.2. The molecule has 0 bridgehead atoms. The molecule has 2 N–H and O–H groups in total. The monoisotopic (exact) mass is 400 g/mol. The fourth-order valence-electron chi connectivity index (χ4n) is 2.42. The molecule has 0 spiro atoms. The van der Waals surface area contributed by atoms with E-state index < -0.39 is 35.4 Å². The summed E-state index contributed by atoms with van der Waals surface area (Å²) >= 11 is 0.667. The number of amides is 3. The molecule has 9 heteroatoms. The molecular weight excluding hydrogens is 387 g/mol. The predicted octanol–water partition coefficient (Wildman–Crippen LogP) is 3.20. The Morgan fingerprint density at radius 2 is 1.86 bits per heavy atom. The van der Waals surface area contributed by atoms with E-state index in [0.29, 0.717) is 23.0 Å². The smallest absolute Gasteiger partial charge is 0.335 e. The van der Waals surface area contributed by atoms with Gasteiger partial charge in [0.2, 0.25) is 5.91 Å². The number of carboxylic acids is 1. The SMILES string of the molecule is O=C(CN1C(=O)S/C(=C\c2cccc(F)c2)C1=O)Nc1ccc(C(=O)O)cc1. The Bertz CT molecular complexity index is 1000. The van der Waals surface area contributed by atoms with Crippen molar-refractivity contribution in [1.29, 1.82) is 0 Å². The summed E-state index contributed by atoms with van der Waals surface area (Å²) in [6.07, 6.45) is 1.39. The van der Waals surface area contributed by atoms with Crippen molar-refractivity contribution in [2.45, 2.75) is 0 Å². The van der Waals surface area contributed by atoms with Gasteiger partial charge >= 0.3 is 5.97 Å². The van der Waals surface area contributed by atoms with Crippen LogP contribution in [0.4, 0.5) is 14.9 Å². The van der Waals surface area contributed by atoms with Gasteiger partial charge in [-0.1, -0.05) is 12.1 Å². The Morgan fingerprint density at radius 3 is 2.50 bits per heavy atom. The lowest BCUT2D eigenvalue weighted by atomic mass is 10.2. The van der Waals surface area contributed by atoms with Gasteiger partial charge in [-0.05, 0) is 59.8 Å². The number of carboxylic acid groups (broad SMARTS) is 1. The van der Waals surface area contributed by atoms with Crippen molar-refractivity contribution in [2.24, 2.45) is 0 Å². The first-order chi connectivity index (χ1) is 13.3. The molecule has 1 aliphatic heterocycles. The predicted molar refractivity (Wildman–Crippen MR) is 101 cm³/mol. The van der Waals surface area contributed by atoms with E-state index >= 15 is 0 Å². The van der Waals surface area contributed by atoms with Crippen molar-refractivity contribution in [3.05, 3.63) is 70.4 Å². The van der Waals surface area contributed by atoms with Gasteiger partial charge in [-0.25, -0.2) is 9.18 Å². The topological polar surface area (TPSA) is 104 Å². The first kappa shape index (κ1) is 19.3. The Kier molecular flexibility index (Phi) is 5.55. The molecule has 0 radical (unpaired) electrons. The lowest BCUT2D eigenvalue weighted by Crippen LogP contribution is -2.36. The van der Waals surface area contributed by atoms with E-state index in [9.17, 15) is 23.6 Å². The molecule has 2 aromatic rings. The highest BCUT2D eigenvalue weighted by Crippen LogP contribution is 2.32. The third-order valence-corrected chi connectivity index (χ3v) is 4.64. The largest absolute Gasteiger partial charge is 0.478 e. The van der Waals surface area contributed by atoms with Gasteiger partial charge in [-0.15, -0.1) is 0 Å². The fraction of sp³-hybridized carbons (Fsp3) is 0.0526. The molecular formula is C19H13FN2O5S. The van der Waals surface area contributed by atoms with Crippen LogP contribution in [0.5, 0.6) is 0 Å². The van der Waals surface area contributed by atoms with Gasteiger partial charge < -0.3 is 10.4 Å². The summed E-state index contributed by atoms with van der Waals surface area (Å²) in [4.78, 5) is 48.3. The maximum absolute atomic E-state index is 13.3. The molecule has 1 heterocycles. The molecule has 7 nitrogen and oxygen atoms in total. The maximum Gasteiger partial charge on any atom is 0.335 e. The summed E-state index contributed by atoms with van der Waals surface area (Å²) in [6, 6.07) is 11.0. The summed E-state index contributed by atoms with van der Waals surface area (Å²) < 4.78 is 13.3. The van der Waals surface area contributed by atoms with Crippen molar-refractivity contribution in [3.8, 4) is 0 Å². The standard InChI is InChI=1S/C19H13FN2O5S/c20-13-3-1-2-11(8-13)9-15-17(24)22(19(27)28-15)10-16(23)21-14-6-4-12(5-7-14)18(25)26/h1-9H,10H2,(H,21,23)(H,25,26)/b15-9-. The zero-order valence-electron chi connectivity index (χ0n) is 14.2. The van der Waals surface area contributed by atoms with E-state index in [0.717, 1.165) is 4.90 Å². The average molecular weight is 400 g/mol. The highest BCUT2D eigenvalue weighted by molar-refractivity contribution is 8.18. The molecule has 0 aromatic heterocycles. The van der Waals surface area contributed by atoms with Crippen LogP contribution in [-0.2, 0) is 9.59 Å². The van der Waals surface area contributed by atoms with Crippen LogP contribution >= 0.6 is 11.8 Å². The minimum absolute atomic E-state index is 0.0615. The van der Waals surface area contributed by atoms with Crippen molar-refractivity contribution < 1.29 is 28.7 Å². The summed E-state index contributed by atoms with van der Waals surface area (Å²) in [6.45, 7) is -0.494. The summed E-state index contributed by atoms with van der Waals surface area (Å²) in [5.74, 6) is -2.82. The van der Waals surface area contributed by atoms with E-state index in [1.54, 1.807) is 6.07 Å². The molecule has 0 unspecified atom stereocenters.